The van der Waals surface area contributed by atoms with E-state index in [1.54, 1.807) is 6.07 Å². The summed E-state index contributed by atoms with van der Waals surface area (Å²) in [6, 6.07) is 4.76. The maximum absolute atomic E-state index is 12.5. The average Bonchev–Trinajstić information content (AvgIpc) is 2.70. The van der Waals surface area contributed by atoms with Gasteiger partial charge >= 0.3 is 6.61 Å². The van der Waals surface area contributed by atoms with Crippen LogP contribution >= 0.6 is 0 Å². The zero-order valence-electron chi connectivity index (χ0n) is 16.9. The third-order valence-electron chi connectivity index (χ3n) is 4.44. The molecule has 28 heavy (non-hydrogen) atoms. The first-order valence-electron chi connectivity index (χ1n) is 9.31. The zero-order chi connectivity index (χ0) is 20.7. The van der Waals surface area contributed by atoms with E-state index < -0.39 is 6.61 Å². The lowest BCUT2D eigenvalue weighted by Crippen LogP contribution is -2.19. The van der Waals surface area contributed by atoms with Crippen molar-refractivity contribution in [2.75, 3.05) is 19.5 Å². The molecule has 0 saturated carbocycles. The van der Waals surface area contributed by atoms with Gasteiger partial charge in [0.15, 0.2) is 5.82 Å². The molecule has 0 unspecified atom stereocenters. The molecule has 1 aromatic carbocycles. The van der Waals surface area contributed by atoms with E-state index in [2.05, 4.69) is 28.9 Å². The van der Waals surface area contributed by atoms with Crippen LogP contribution in [-0.2, 0) is 6.42 Å². The molecule has 0 atom stereocenters. The number of anilines is 1. The van der Waals surface area contributed by atoms with Gasteiger partial charge in [0.2, 0.25) is 0 Å². The molecule has 0 saturated heterocycles. The number of nitrogens with zero attached hydrogens (tertiary/aromatic N) is 2. The Kier molecular flexibility index (Phi) is 7.78. The lowest BCUT2D eigenvalue weighted by molar-refractivity contribution is -0.0499. The van der Waals surface area contributed by atoms with E-state index in [4.69, 9.17) is 14.5 Å². The molecule has 0 spiro atoms. The normalized spacial score (nSPS) is 11.0. The van der Waals surface area contributed by atoms with Crippen molar-refractivity contribution in [3.63, 3.8) is 0 Å². The van der Waals surface area contributed by atoms with E-state index in [1.165, 1.54) is 26.4 Å². The van der Waals surface area contributed by atoms with E-state index in [9.17, 15) is 8.78 Å². The molecule has 6 nitrogen and oxygen atoms in total. The minimum Gasteiger partial charge on any atom is -0.496 e. The summed E-state index contributed by atoms with van der Waals surface area (Å²) in [5.74, 6) is 1.34. The van der Waals surface area contributed by atoms with E-state index in [-0.39, 0.29) is 11.8 Å². The van der Waals surface area contributed by atoms with Crippen LogP contribution < -0.4 is 19.5 Å². The van der Waals surface area contributed by atoms with Crippen molar-refractivity contribution in [1.82, 2.24) is 9.97 Å². The molecule has 0 aliphatic rings. The Morgan fingerprint density at radius 3 is 2.29 bits per heavy atom. The number of halogens is 2. The lowest BCUT2D eigenvalue weighted by atomic mass is 10.1. The molecule has 1 heterocycles. The number of nitrogens with one attached hydrogen (secondary N) is 1. The molecule has 0 aliphatic heterocycles. The second kappa shape index (κ2) is 10.1. The second-order valence-electron chi connectivity index (χ2n) is 6.13. The third kappa shape index (κ3) is 4.99. The van der Waals surface area contributed by atoms with Gasteiger partial charge in [0, 0.05) is 17.7 Å². The number of ether oxygens (including phenoxy) is 3. The fourth-order valence-electron chi connectivity index (χ4n) is 2.88. The number of rotatable bonds is 10. The van der Waals surface area contributed by atoms with Crippen molar-refractivity contribution in [2.24, 2.45) is 0 Å². The number of aromatic nitrogens is 2. The summed E-state index contributed by atoms with van der Waals surface area (Å²) in [6.45, 7) is 3.27. The van der Waals surface area contributed by atoms with Crippen LogP contribution in [0.25, 0.3) is 11.3 Å². The molecule has 0 aliphatic carbocycles. The van der Waals surface area contributed by atoms with E-state index in [1.807, 2.05) is 6.92 Å². The molecule has 2 aromatic rings. The summed E-state index contributed by atoms with van der Waals surface area (Å²) in [4.78, 5) is 9.35. The predicted octanol–water partition coefficient (Wildman–Crippen LogP) is 4.93. The van der Waals surface area contributed by atoms with Gasteiger partial charge in [-0.3, -0.25) is 0 Å². The van der Waals surface area contributed by atoms with Gasteiger partial charge in [0.25, 0.3) is 5.88 Å². The molecule has 1 N–H and O–H groups in total. The first-order chi connectivity index (χ1) is 13.5. The Labute approximate surface area is 164 Å². The SMILES string of the molecule is CCc1nc(NC(CC)CC)c(OC)nc1-c1ccc(OC(F)F)cc1OC. The van der Waals surface area contributed by atoms with Gasteiger partial charge in [0.05, 0.1) is 25.6 Å². The molecule has 154 valence electrons. The van der Waals surface area contributed by atoms with Crippen LogP contribution in [0.15, 0.2) is 18.2 Å². The summed E-state index contributed by atoms with van der Waals surface area (Å²) in [5, 5.41) is 3.38. The van der Waals surface area contributed by atoms with Crippen LogP contribution in [0.2, 0.25) is 0 Å². The molecular weight excluding hydrogens is 368 g/mol. The van der Waals surface area contributed by atoms with Crippen LogP contribution in [0, 0.1) is 0 Å². The highest BCUT2D eigenvalue weighted by molar-refractivity contribution is 5.72. The number of hydrogen-bond acceptors (Lipinski definition) is 6. The van der Waals surface area contributed by atoms with Gasteiger partial charge in [-0.25, -0.2) is 9.97 Å². The maximum Gasteiger partial charge on any atom is 0.387 e. The number of methoxy groups -OCH3 is 2. The standard InChI is InChI=1S/C20H27F2N3O3/c1-6-12(7-2)23-18-19(27-5)25-17(15(8-3)24-18)14-10-9-13(28-20(21)22)11-16(14)26-4/h9-12,20H,6-8H2,1-5H3,(H,23,24). The molecule has 2 rings (SSSR count). The highest BCUT2D eigenvalue weighted by Gasteiger charge is 2.20. The van der Waals surface area contributed by atoms with Crippen LogP contribution in [0.4, 0.5) is 14.6 Å². The Bertz CT molecular complexity index is 784. The summed E-state index contributed by atoms with van der Waals surface area (Å²) in [5.41, 5.74) is 1.95. The van der Waals surface area contributed by atoms with Crippen molar-refractivity contribution in [3.05, 3.63) is 23.9 Å². The number of alkyl halides is 2. The fraction of sp³-hybridized carbons (Fsp3) is 0.500. The second-order valence-corrected chi connectivity index (χ2v) is 6.13. The number of hydrogen-bond donors (Lipinski definition) is 1. The molecule has 0 amide bonds. The Morgan fingerprint density at radius 1 is 1.04 bits per heavy atom. The van der Waals surface area contributed by atoms with Gasteiger partial charge in [-0.2, -0.15) is 8.78 Å². The van der Waals surface area contributed by atoms with Gasteiger partial charge in [0.1, 0.15) is 11.5 Å². The molecule has 1 aromatic heterocycles. The smallest absolute Gasteiger partial charge is 0.387 e. The predicted molar refractivity (Wildman–Crippen MR) is 105 cm³/mol. The van der Waals surface area contributed by atoms with Gasteiger partial charge < -0.3 is 19.5 Å². The third-order valence-corrected chi connectivity index (χ3v) is 4.44. The Hall–Kier alpha value is -2.64. The fourth-order valence-corrected chi connectivity index (χ4v) is 2.88. The largest absolute Gasteiger partial charge is 0.496 e. The van der Waals surface area contributed by atoms with E-state index in [0.717, 1.165) is 18.5 Å². The molecule has 0 fully saturated rings. The summed E-state index contributed by atoms with van der Waals surface area (Å²) in [6.07, 6.45) is 2.52. The van der Waals surface area contributed by atoms with Gasteiger partial charge in [-0.05, 0) is 31.4 Å². The minimum atomic E-state index is -2.91. The van der Waals surface area contributed by atoms with Crippen LogP contribution in [0.3, 0.4) is 0 Å². The molecule has 0 bridgehead atoms. The minimum absolute atomic E-state index is 0.0144. The Morgan fingerprint density at radius 2 is 1.75 bits per heavy atom. The highest BCUT2D eigenvalue weighted by Crippen LogP contribution is 2.36. The van der Waals surface area contributed by atoms with E-state index >= 15 is 0 Å². The molecule has 0 radical (unpaired) electrons. The summed E-state index contributed by atoms with van der Waals surface area (Å²) < 4.78 is 40.3. The van der Waals surface area contributed by atoms with Crippen LogP contribution in [0.5, 0.6) is 17.4 Å². The first kappa shape index (κ1) is 21.7. The topological polar surface area (TPSA) is 65.5 Å². The molecule has 8 heteroatoms. The van der Waals surface area contributed by atoms with Gasteiger partial charge in [-0.15, -0.1) is 0 Å². The van der Waals surface area contributed by atoms with Crippen molar-refractivity contribution in [2.45, 2.75) is 52.7 Å². The lowest BCUT2D eigenvalue weighted by Gasteiger charge is -2.19. The average molecular weight is 395 g/mol. The van der Waals surface area contributed by atoms with Crippen molar-refractivity contribution in [3.8, 4) is 28.6 Å². The van der Waals surface area contributed by atoms with Crippen LogP contribution in [-0.4, -0.2) is 36.8 Å². The zero-order valence-corrected chi connectivity index (χ0v) is 16.9. The maximum atomic E-state index is 12.5. The van der Waals surface area contributed by atoms with Crippen LogP contribution in [0.1, 0.15) is 39.3 Å². The Balaban J connectivity index is 2.53. The highest BCUT2D eigenvalue weighted by atomic mass is 19.3. The van der Waals surface area contributed by atoms with Crippen molar-refractivity contribution < 1.29 is 23.0 Å². The summed E-state index contributed by atoms with van der Waals surface area (Å²) >= 11 is 0. The monoisotopic (exact) mass is 395 g/mol. The van der Waals surface area contributed by atoms with E-state index in [0.29, 0.717) is 35.1 Å². The number of benzene rings is 1. The first-order valence-corrected chi connectivity index (χ1v) is 9.31. The van der Waals surface area contributed by atoms with Gasteiger partial charge in [-0.1, -0.05) is 20.8 Å². The summed E-state index contributed by atoms with van der Waals surface area (Å²) in [7, 11) is 3.00. The molecular formula is C20H27F2N3O3. The van der Waals surface area contributed by atoms with Crippen molar-refractivity contribution in [1.29, 1.82) is 0 Å². The van der Waals surface area contributed by atoms with Crippen molar-refractivity contribution >= 4 is 5.82 Å². The quantitative estimate of drug-likeness (QED) is 0.616. The number of aryl methyl sites for hydroxylation is 1.